The Labute approximate surface area is 88.0 Å². The van der Waals surface area contributed by atoms with E-state index >= 15 is 0 Å². The largest absolute Gasteiger partial charge is 0.476 e. The van der Waals surface area contributed by atoms with E-state index in [-0.39, 0.29) is 5.69 Å². The minimum absolute atomic E-state index is 0.0511. The van der Waals surface area contributed by atoms with Crippen molar-refractivity contribution in [2.24, 2.45) is 0 Å². The maximum Gasteiger partial charge on any atom is 0.356 e. The number of rotatable bonds is 5. The molecule has 1 aromatic heterocycles. The maximum atomic E-state index is 10.6. The van der Waals surface area contributed by atoms with Crippen molar-refractivity contribution in [1.82, 2.24) is 14.9 Å². The molecule has 0 aliphatic heterocycles. The van der Waals surface area contributed by atoms with Crippen molar-refractivity contribution in [3.63, 3.8) is 0 Å². The zero-order valence-corrected chi connectivity index (χ0v) is 8.77. The molecule has 15 heavy (non-hydrogen) atoms. The van der Waals surface area contributed by atoms with E-state index in [4.69, 9.17) is 5.11 Å². The van der Waals surface area contributed by atoms with Crippen LogP contribution < -0.4 is 5.32 Å². The Morgan fingerprint density at radius 1 is 1.53 bits per heavy atom. The van der Waals surface area contributed by atoms with E-state index in [0.29, 0.717) is 12.4 Å². The van der Waals surface area contributed by atoms with E-state index in [9.17, 15) is 4.79 Å². The molecule has 0 bridgehead atoms. The first-order chi connectivity index (χ1) is 7.09. The van der Waals surface area contributed by atoms with Crippen LogP contribution in [0, 0.1) is 0 Å². The van der Waals surface area contributed by atoms with Crippen LogP contribution in [0.3, 0.4) is 0 Å². The third kappa shape index (κ3) is 3.90. The van der Waals surface area contributed by atoms with Crippen LogP contribution in [0.25, 0.3) is 0 Å². The zero-order valence-electron chi connectivity index (χ0n) is 8.77. The number of nitrogens with one attached hydrogen (secondary N) is 1. The summed E-state index contributed by atoms with van der Waals surface area (Å²) in [4.78, 5) is 20.3. The summed E-state index contributed by atoms with van der Waals surface area (Å²) < 4.78 is 0. The van der Waals surface area contributed by atoms with Crippen molar-refractivity contribution in [3.05, 3.63) is 18.1 Å². The van der Waals surface area contributed by atoms with Gasteiger partial charge in [0.05, 0.1) is 12.4 Å². The Hall–Kier alpha value is -1.69. The standard InChI is InChI=1S/C9H14N4O2/c1-13(2)4-3-11-8-6-10-5-7(12-8)9(14)15/h5-6H,3-4H2,1-2H3,(H,11,12)(H,14,15). The summed E-state index contributed by atoms with van der Waals surface area (Å²) in [6, 6.07) is 0. The van der Waals surface area contributed by atoms with Gasteiger partial charge in [-0.05, 0) is 14.1 Å². The lowest BCUT2D eigenvalue weighted by atomic mass is 10.4. The van der Waals surface area contributed by atoms with E-state index in [1.807, 2.05) is 19.0 Å². The Kier molecular flexibility index (Phi) is 3.99. The third-order valence-electron chi connectivity index (χ3n) is 1.72. The smallest absolute Gasteiger partial charge is 0.356 e. The van der Waals surface area contributed by atoms with Crippen molar-refractivity contribution >= 4 is 11.8 Å². The molecule has 1 heterocycles. The van der Waals surface area contributed by atoms with E-state index in [2.05, 4.69) is 15.3 Å². The molecule has 0 saturated carbocycles. The van der Waals surface area contributed by atoms with Gasteiger partial charge in [0.25, 0.3) is 0 Å². The summed E-state index contributed by atoms with van der Waals surface area (Å²) in [5, 5.41) is 11.7. The fourth-order valence-corrected chi connectivity index (χ4v) is 0.962. The number of hydrogen-bond donors (Lipinski definition) is 2. The first-order valence-electron chi connectivity index (χ1n) is 4.53. The SMILES string of the molecule is CN(C)CCNc1cncc(C(=O)O)n1. The molecule has 0 aromatic carbocycles. The Bertz CT molecular complexity index is 341. The molecule has 0 saturated heterocycles. The second kappa shape index (κ2) is 5.26. The van der Waals surface area contributed by atoms with E-state index < -0.39 is 5.97 Å². The molecule has 0 unspecified atom stereocenters. The first-order valence-corrected chi connectivity index (χ1v) is 4.53. The molecule has 0 aliphatic rings. The molecular formula is C9H14N4O2. The average molecular weight is 210 g/mol. The van der Waals surface area contributed by atoms with Crippen molar-refractivity contribution < 1.29 is 9.90 Å². The van der Waals surface area contributed by atoms with E-state index in [1.165, 1.54) is 12.4 Å². The van der Waals surface area contributed by atoms with Gasteiger partial charge < -0.3 is 15.3 Å². The summed E-state index contributed by atoms with van der Waals surface area (Å²) in [6.07, 6.45) is 2.72. The number of anilines is 1. The molecule has 0 amide bonds. The quantitative estimate of drug-likeness (QED) is 0.720. The maximum absolute atomic E-state index is 10.6. The highest BCUT2D eigenvalue weighted by Gasteiger charge is 2.05. The molecule has 0 fully saturated rings. The monoisotopic (exact) mass is 210 g/mol. The van der Waals surface area contributed by atoms with Crippen molar-refractivity contribution in [1.29, 1.82) is 0 Å². The number of aromatic carboxylic acids is 1. The topological polar surface area (TPSA) is 78.4 Å². The second-order valence-corrected chi connectivity index (χ2v) is 3.32. The predicted octanol–water partition coefficient (Wildman–Crippen LogP) is 0.148. The van der Waals surface area contributed by atoms with Crippen molar-refractivity contribution in [2.75, 3.05) is 32.5 Å². The molecule has 6 heteroatoms. The van der Waals surface area contributed by atoms with Crippen molar-refractivity contribution in [2.45, 2.75) is 0 Å². The van der Waals surface area contributed by atoms with Crippen LogP contribution >= 0.6 is 0 Å². The minimum atomic E-state index is -1.07. The Morgan fingerprint density at radius 3 is 2.87 bits per heavy atom. The second-order valence-electron chi connectivity index (χ2n) is 3.32. The van der Waals surface area contributed by atoms with Gasteiger partial charge in [0.1, 0.15) is 5.82 Å². The number of aromatic nitrogens is 2. The minimum Gasteiger partial charge on any atom is -0.476 e. The number of carboxylic acids is 1. The lowest BCUT2D eigenvalue weighted by Crippen LogP contribution is -2.21. The van der Waals surface area contributed by atoms with Crippen LogP contribution in [0.5, 0.6) is 0 Å². The normalized spacial score (nSPS) is 10.3. The fraction of sp³-hybridized carbons (Fsp3) is 0.444. The van der Waals surface area contributed by atoms with Gasteiger partial charge >= 0.3 is 5.97 Å². The van der Waals surface area contributed by atoms with Crippen molar-refractivity contribution in [3.8, 4) is 0 Å². The van der Waals surface area contributed by atoms with Crippen LogP contribution in [0.15, 0.2) is 12.4 Å². The number of carboxylic acid groups (broad SMARTS) is 1. The highest BCUT2D eigenvalue weighted by molar-refractivity contribution is 5.85. The van der Waals surface area contributed by atoms with Crippen LogP contribution in [0.1, 0.15) is 10.5 Å². The molecule has 1 rings (SSSR count). The van der Waals surface area contributed by atoms with E-state index in [1.54, 1.807) is 0 Å². The van der Waals surface area contributed by atoms with Gasteiger partial charge in [-0.3, -0.25) is 4.98 Å². The molecular weight excluding hydrogens is 196 g/mol. The van der Waals surface area contributed by atoms with Gasteiger partial charge in [0.2, 0.25) is 0 Å². The van der Waals surface area contributed by atoms with Gasteiger partial charge in [-0.15, -0.1) is 0 Å². The molecule has 0 atom stereocenters. The number of hydrogen-bond acceptors (Lipinski definition) is 5. The fourth-order valence-electron chi connectivity index (χ4n) is 0.962. The zero-order chi connectivity index (χ0) is 11.3. The summed E-state index contributed by atoms with van der Waals surface area (Å²) in [7, 11) is 3.92. The lowest BCUT2D eigenvalue weighted by molar-refractivity contribution is 0.0690. The summed E-state index contributed by atoms with van der Waals surface area (Å²) >= 11 is 0. The van der Waals surface area contributed by atoms with Gasteiger partial charge in [-0.2, -0.15) is 0 Å². The molecule has 82 valence electrons. The molecule has 0 radical (unpaired) electrons. The van der Waals surface area contributed by atoms with Crippen LogP contribution in [-0.2, 0) is 0 Å². The molecule has 6 nitrogen and oxygen atoms in total. The van der Waals surface area contributed by atoms with Crippen LogP contribution in [0.2, 0.25) is 0 Å². The molecule has 0 spiro atoms. The molecule has 0 aliphatic carbocycles. The summed E-state index contributed by atoms with van der Waals surface area (Å²) in [5.41, 5.74) is -0.0511. The lowest BCUT2D eigenvalue weighted by Gasteiger charge is -2.10. The van der Waals surface area contributed by atoms with Gasteiger partial charge in [-0.1, -0.05) is 0 Å². The predicted molar refractivity (Wildman–Crippen MR) is 56.0 cm³/mol. The molecule has 1 aromatic rings. The van der Waals surface area contributed by atoms with Crippen LogP contribution in [0.4, 0.5) is 5.82 Å². The summed E-state index contributed by atoms with van der Waals surface area (Å²) in [5.74, 6) is -0.587. The summed E-state index contributed by atoms with van der Waals surface area (Å²) in [6.45, 7) is 1.55. The highest BCUT2D eigenvalue weighted by Crippen LogP contribution is 2.01. The van der Waals surface area contributed by atoms with Gasteiger partial charge in [-0.25, -0.2) is 9.78 Å². The van der Waals surface area contributed by atoms with Gasteiger partial charge in [0.15, 0.2) is 5.69 Å². The number of nitrogens with zero attached hydrogens (tertiary/aromatic N) is 3. The molecule has 2 N–H and O–H groups in total. The average Bonchev–Trinajstić information content (AvgIpc) is 2.17. The van der Waals surface area contributed by atoms with E-state index in [0.717, 1.165) is 6.54 Å². The number of likely N-dealkylation sites (N-methyl/N-ethyl adjacent to an activating group) is 1. The first kappa shape index (κ1) is 11.4. The van der Waals surface area contributed by atoms with Gasteiger partial charge in [0, 0.05) is 13.1 Å². The Balaban J connectivity index is 2.54. The highest BCUT2D eigenvalue weighted by atomic mass is 16.4. The third-order valence-corrected chi connectivity index (χ3v) is 1.72. The Morgan fingerprint density at radius 2 is 2.27 bits per heavy atom. The number of carbonyl (C=O) groups is 1. The van der Waals surface area contributed by atoms with Crippen LogP contribution in [-0.4, -0.2) is 53.1 Å².